The lowest BCUT2D eigenvalue weighted by Crippen LogP contribution is -2.30. The minimum absolute atomic E-state index is 0.339. The molecule has 2 rings (SSSR count). The highest BCUT2D eigenvalue weighted by Crippen LogP contribution is 2.31. The minimum atomic E-state index is -0.875. The third-order valence-electron chi connectivity index (χ3n) is 3.36. The number of carboxylic acid groups (broad SMARTS) is 1. The third-order valence-corrected chi connectivity index (χ3v) is 3.36. The Kier molecular flexibility index (Phi) is 3.13. The van der Waals surface area contributed by atoms with E-state index in [0.717, 1.165) is 11.6 Å². The molecule has 0 saturated heterocycles. The maximum absolute atomic E-state index is 10.8. The van der Waals surface area contributed by atoms with Crippen molar-refractivity contribution in [2.45, 2.75) is 32.2 Å². The Morgan fingerprint density at radius 1 is 1.50 bits per heavy atom. The van der Waals surface area contributed by atoms with Crippen LogP contribution in [0.4, 0.5) is 5.69 Å². The van der Waals surface area contributed by atoms with E-state index < -0.39 is 5.97 Å². The standard InChI is InChI=1S/C13H17NO2/c1-9(10-4-2-5-10)14-12-7-3-6-11(8-12)13(15)16/h3,6-10,14H,2,4-5H2,1H3,(H,15,16). The van der Waals surface area contributed by atoms with Gasteiger partial charge in [-0.25, -0.2) is 4.79 Å². The first kappa shape index (κ1) is 11.0. The first-order valence-corrected chi connectivity index (χ1v) is 5.76. The molecule has 16 heavy (non-hydrogen) atoms. The highest BCUT2D eigenvalue weighted by atomic mass is 16.4. The molecule has 0 heterocycles. The Labute approximate surface area is 95.5 Å². The molecule has 0 spiro atoms. The Morgan fingerprint density at radius 2 is 2.25 bits per heavy atom. The molecule has 1 aliphatic carbocycles. The van der Waals surface area contributed by atoms with Crippen molar-refractivity contribution >= 4 is 11.7 Å². The number of benzene rings is 1. The zero-order chi connectivity index (χ0) is 11.5. The van der Waals surface area contributed by atoms with Crippen LogP contribution in [0.15, 0.2) is 24.3 Å². The Bertz CT molecular complexity index is 385. The summed E-state index contributed by atoms with van der Waals surface area (Å²) in [5, 5.41) is 12.3. The van der Waals surface area contributed by atoms with Crippen LogP contribution in [0.3, 0.4) is 0 Å². The Balaban J connectivity index is 2.02. The molecule has 1 aromatic carbocycles. The van der Waals surface area contributed by atoms with Gasteiger partial charge in [-0.15, -0.1) is 0 Å². The first-order valence-electron chi connectivity index (χ1n) is 5.76. The number of anilines is 1. The molecule has 0 aliphatic heterocycles. The van der Waals surface area contributed by atoms with E-state index in [0.29, 0.717) is 11.6 Å². The predicted molar refractivity (Wildman–Crippen MR) is 63.8 cm³/mol. The van der Waals surface area contributed by atoms with E-state index >= 15 is 0 Å². The van der Waals surface area contributed by atoms with Gasteiger partial charge in [0.25, 0.3) is 0 Å². The van der Waals surface area contributed by atoms with E-state index in [9.17, 15) is 4.79 Å². The van der Waals surface area contributed by atoms with Crippen molar-refractivity contribution in [2.24, 2.45) is 5.92 Å². The van der Waals surface area contributed by atoms with Gasteiger partial charge in [-0.05, 0) is 43.9 Å². The number of carbonyl (C=O) groups is 1. The monoisotopic (exact) mass is 219 g/mol. The van der Waals surface area contributed by atoms with Crippen LogP contribution >= 0.6 is 0 Å². The zero-order valence-corrected chi connectivity index (χ0v) is 9.44. The van der Waals surface area contributed by atoms with Crippen LogP contribution in [-0.4, -0.2) is 17.1 Å². The van der Waals surface area contributed by atoms with Gasteiger partial charge >= 0.3 is 5.97 Å². The molecule has 3 nitrogen and oxygen atoms in total. The summed E-state index contributed by atoms with van der Waals surface area (Å²) in [6.07, 6.45) is 3.89. The van der Waals surface area contributed by atoms with E-state index in [1.165, 1.54) is 19.3 Å². The third kappa shape index (κ3) is 2.35. The summed E-state index contributed by atoms with van der Waals surface area (Å²) >= 11 is 0. The van der Waals surface area contributed by atoms with Crippen molar-refractivity contribution in [2.75, 3.05) is 5.32 Å². The Morgan fingerprint density at radius 3 is 2.81 bits per heavy atom. The van der Waals surface area contributed by atoms with E-state index in [2.05, 4.69) is 12.2 Å². The van der Waals surface area contributed by atoms with Gasteiger partial charge in [0.1, 0.15) is 0 Å². The minimum Gasteiger partial charge on any atom is -0.478 e. The number of rotatable bonds is 4. The molecular weight excluding hydrogens is 202 g/mol. The summed E-state index contributed by atoms with van der Waals surface area (Å²) in [5.41, 5.74) is 1.24. The molecule has 1 atom stereocenters. The molecule has 2 N–H and O–H groups in total. The lowest BCUT2D eigenvalue weighted by Gasteiger charge is -2.32. The molecule has 1 aromatic rings. The van der Waals surface area contributed by atoms with E-state index in [4.69, 9.17) is 5.11 Å². The normalized spacial score (nSPS) is 17.6. The molecule has 1 saturated carbocycles. The van der Waals surface area contributed by atoms with Gasteiger partial charge in [0.15, 0.2) is 0 Å². The predicted octanol–water partition coefficient (Wildman–Crippen LogP) is 2.99. The van der Waals surface area contributed by atoms with E-state index in [1.54, 1.807) is 18.2 Å². The second-order valence-electron chi connectivity index (χ2n) is 4.51. The lowest BCUT2D eigenvalue weighted by molar-refractivity contribution is 0.0697. The first-order chi connectivity index (χ1) is 7.66. The number of hydrogen-bond donors (Lipinski definition) is 2. The fourth-order valence-electron chi connectivity index (χ4n) is 2.06. The molecule has 86 valence electrons. The average molecular weight is 219 g/mol. The molecule has 0 amide bonds. The van der Waals surface area contributed by atoms with Crippen molar-refractivity contribution in [3.05, 3.63) is 29.8 Å². The van der Waals surface area contributed by atoms with Crippen LogP contribution in [0, 0.1) is 5.92 Å². The van der Waals surface area contributed by atoms with Crippen molar-refractivity contribution in [1.29, 1.82) is 0 Å². The fourth-order valence-corrected chi connectivity index (χ4v) is 2.06. The summed E-state index contributed by atoms with van der Waals surface area (Å²) < 4.78 is 0. The topological polar surface area (TPSA) is 49.3 Å². The maximum atomic E-state index is 10.8. The van der Waals surface area contributed by atoms with Gasteiger partial charge in [-0.3, -0.25) is 0 Å². The molecule has 0 radical (unpaired) electrons. The molecule has 1 fully saturated rings. The summed E-state index contributed by atoms with van der Waals surface area (Å²) in [7, 11) is 0. The van der Waals surface area contributed by atoms with Crippen LogP contribution in [0.1, 0.15) is 36.5 Å². The summed E-state index contributed by atoms with van der Waals surface area (Å²) in [6.45, 7) is 2.16. The number of carboxylic acids is 1. The molecule has 1 unspecified atom stereocenters. The Hall–Kier alpha value is -1.51. The van der Waals surface area contributed by atoms with Gasteiger partial charge in [0.2, 0.25) is 0 Å². The average Bonchev–Trinajstić information content (AvgIpc) is 2.15. The summed E-state index contributed by atoms with van der Waals surface area (Å²) in [5.74, 6) is -0.131. The highest BCUT2D eigenvalue weighted by Gasteiger charge is 2.23. The molecule has 3 heteroatoms. The second kappa shape index (κ2) is 4.56. The van der Waals surface area contributed by atoms with Crippen LogP contribution < -0.4 is 5.32 Å². The van der Waals surface area contributed by atoms with Crippen LogP contribution in [0.2, 0.25) is 0 Å². The van der Waals surface area contributed by atoms with Gasteiger partial charge in [-0.2, -0.15) is 0 Å². The highest BCUT2D eigenvalue weighted by molar-refractivity contribution is 5.88. The maximum Gasteiger partial charge on any atom is 0.335 e. The largest absolute Gasteiger partial charge is 0.478 e. The quantitative estimate of drug-likeness (QED) is 0.818. The van der Waals surface area contributed by atoms with Crippen molar-refractivity contribution in [3.63, 3.8) is 0 Å². The summed E-state index contributed by atoms with van der Waals surface area (Å²) in [6, 6.07) is 7.43. The van der Waals surface area contributed by atoms with E-state index in [1.807, 2.05) is 6.07 Å². The van der Waals surface area contributed by atoms with E-state index in [-0.39, 0.29) is 0 Å². The van der Waals surface area contributed by atoms with Crippen LogP contribution in [0.25, 0.3) is 0 Å². The zero-order valence-electron chi connectivity index (χ0n) is 9.44. The molecular formula is C13H17NO2. The number of aromatic carboxylic acids is 1. The lowest BCUT2D eigenvalue weighted by atomic mass is 9.80. The fraction of sp³-hybridized carbons (Fsp3) is 0.462. The molecule has 0 bridgehead atoms. The van der Waals surface area contributed by atoms with Crippen molar-refractivity contribution < 1.29 is 9.90 Å². The van der Waals surface area contributed by atoms with Gasteiger partial charge in [-0.1, -0.05) is 12.5 Å². The van der Waals surface area contributed by atoms with Crippen molar-refractivity contribution in [3.8, 4) is 0 Å². The SMILES string of the molecule is CC(Nc1cccc(C(=O)O)c1)C1CCC1. The van der Waals surface area contributed by atoms with Crippen LogP contribution in [-0.2, 0) is 0 Å². The number of nitrogens with one attached hydrogen (secondary N) is 1. The molecule has 0 aromatic heterocycles. The molecule has 1 aliphatic rings. The van der Waals surface area contributed by atoms with Crippen LogP contribution in [0.5, 0.6) is 0 Å². The van der Waals surface area contributed by atoms with Gasteiger partial charge in [0, 0.05) is 11.7 Å². The van der Waals surface area contributed by atoms with Crippen molar-refractivity contribution in [1.82, 2.24) is 0 Å². The number of hydrogen-bond acceptors (Lipinski definition) is 2. The second-order valence-corrected chi connectivity index (χ2v) is 4.51. The van der Waals surface area contributed by atoms with Gasteiger partial charge in [0.05, 0.1) is 5.56 Å². The van der Waals surface area contributed by atoms with Gasteiger partial charge < -0.3 is 10.4 Å². The smallest absolute Gasteiger partial charge is 0.335 e. The summed E-state index contributed by atoms with van der Waals surface area (Å²) in [4.78, 5) is 10.8.